The Morgan fingerprint density at radius 1 is 1.22 bits per heavy atom. The van der Waals surface area contributed by atoms with E-state index in [2.05, 4.69) is 15.5 Å². The van der Waals surface area contributed by atoms with E-state index in [0.29, 0.717) is 19.7 Å². The van der Waals surface area contributed by atoms with Gasteiger partial charge in [0.05, 0.1) is 19.1 Å². The number of nitrogens with zero attached hydrogens (tertiary/aromatic N) is 1. The van der Waals surface area contributed by atoms with Crippen LogP contribution in [0.3, 0.4) is 0 Å². The van der Waals surface area contributed by atoms with E-state index in [1.165, 1.54) is 19.3 Å². The number of piperazine rings is 1. The van der Waals surface area contributed by atoms with Crippen LogP contribution in [0.5, 0.6) is 5.75 Å². The molecule has 1 saturated carbocycles. The third-order valence-electron chi connectivity index (χ3n) is 5.41. The number of nitrogens with one attached hydrogen (secondary N) is 2. The second kappa shape index (κ2) is 9.74. The monoisotopic (exact) mass is 373 g/mol. The number of carbonyl (C=O) groups is 2. The van der Waals surface area contributed by atoms with Crippen LogP contribution in [0.1, 0.15) is 51.0 Å². The first kappa shape index (κ1) is 19.7. The zero-order valence-electron chi connectivity index (χ0n) is 16.2. The van der Waals surface area contributed by atoms with Gasteiger partial charge in [-0.1, -0.05) is 31.4 Å². The van der Waals surface area contributed by atoms with E-state index in [1.807, 2.05) is 31.2 Å². The number of hydrogen-bond donors (Lipinski definition) is 2. The van der Waals surface area contributed by atoms with Gasteiger partial charge in [0.1, 0.15) is 5.75 Å². The maximum Gasteiger partial charge on any atom is 0.237 e. The van der Waals surface area contributed by atoms with E-state index in [-0.39, 0.29) is 24.3 Å². The molecule has 0 bridgehead atoms. The molecule has 1 aromatic carbocycles. The summed E-state index contributed by atoms with van der Waals surface area (Å²) in [4.78, 5) is 27.0. The van der Waals surface area contributed by atoms with Crippen molar-refractivity contribution in [3.8, 4) is 5.75 Å². The van der Waals surface area contributed by atoms with Crippen LogP contribution >= 0.6 is 0 Å². The summed E-state index contributed by atoms with van der Waals surface area (Å²) >= 11 is 0. The fraction of sp³-hybridized carbons (Fsp3) is 0.619. The molecule has 1 heterocycles. The van der Waals surface area contributed by atoms with Gasteiger partial charge in [-0.25, -0.2) is 0 Å². The lowest BCUT2D eigenvalue weighted by Crippen LogP contribution is -2.56. The van der Waals surface area contributed by atoms with Gasteiger partial charge in [-0.05, 0) is 37.5 Å². The van der Waals surface area contributed by atoms with E-state index >= 15 is 0 Å². The van der Waals surface area contributed by atoms with Crippen molar-refractivity contribution >= 4 is 11.8 Å². The van der Waals surface area contributed by atoms with Crippen molar-refractivity contribution in [2.24, 2.45) is 0 Å². The minimum absolute atomic E-state index is 0.0133. The first-order chi connectivity index (χ1) is 13.2. The van der Waals surface area contributed by atoms with Gasteiger partial charge in [-0.15, -0.1) is 0 Å². The third-order valence-corrected chi connectivity index (χ3v) is 5.41. The molecule has 0 aromatic heterocycles. The maximum atomic E-state index is 12.5. The van der Waals surface area contributed by atoms with Crippen LogP contribution in [0, 0.1) is 0 Å². The normalized spacial score (nSPS) is 21.5. The van der Waals surface area contributed by atoms with Crippen LogP contribution in [0.15, 0.2) is 24.3 Å². The molecule has 1 saturated heterocycles. The molecule has 0 radical (unpaired) electrons. The zero-order chi connectivity index (χ0) is 19.1. The molecule has 0 unspecified atom stereocenters. The Balaban J connectivity index is 1.58. The fourth-order valence-corrected chi connectivity index (χ4v) is 3.97. The fourth-order valence-electron chi connectivity index (χ4n) is 3.97. The zero-order valence-corrected chi connectivity index (χ0v) is 16.2. The van der Waals surface area contributed by atoms with Crippen molar-refractivity contribution in [1.82, 2.24) is 15.5 Å². The van der Waals surface area contributed by atoms with Gasteiger partial charge < -0.3 is 15.4 Å². The molecule has 148 valence electrons. The number of hydrogen-bond acceptors (Lipinski definition) is 4. The third kappa shape index (κ3) is 5.70. The van der Waals surface area contributed by atoms with Gasteiger partial charge in [0.2, 0.25) is 11.8 Å². The number of carbonyl (C=O) groups excluding carboxylic acids is 2. The molecule has 2 aliphatic rings. The molecule has 27 heavy (non-hydrogen) atoms. The molecule has 1 atom stereocenters. The Labute approximate surface area is 161 Å². The second-order valence-electron chi connectivity index (χ2n) is 7.46. The molecule has 6 nitrogen and oxygen atoms in total. The van der Waals surface area contributed by atoms with Gasteiger partial charge >= 0.3 is 0 Å². The standard InChI is InChI=1S/C21H31N3O3/c1-2-27-18-10-8-16(9-11-18)15-24-13-12-22-21(26)19(24)14-20(25)23-17-6-4-3-5-7-17/h8-11,17,19H,2-7,12-15H2,1H3,(H,22,26)(H,23,25)/t19-/m1/s1. The first-order valence-corrected chi connectivity index (χ1v) is 10.2. The molecule has 3 rings (SSSR count). The Morgan fingerprint density at radius 2 is 1.96 bits per heavy atom. The van der Waals surface area contributed by atoms with Crippen molar-refractivity contribution < 1.29 is 14.3 Å². The molecule has 0 spiro atoms. The van der Waals surface area contributed by atoms with E-state index in [4.69, 9.17) is 4.74 Å². The van der Waals surface area contributed by atoms with Crippen molar-refractivity contribution in [2.45, 2.75) is 64.1 Å². The average molecular weight is 373 g/mol. The van der Waals surface area contributed by atoms with Gasteiger partial charge in [0.15, 0.2) is 0 Å². The molecule has 1 aromatic rings. The van der Waals surface area contributed by atoms with E-state index in [9.17, 15) is 9.59 Å². The van der Waals surface area contributed by atoms with Crippen LogP contribution in [0.4, 0.5) is 0 Å². The number of benzene rings is 1. The summed E-state index contributed by atoms with van der Waals surface area (Å²) in [6, 6.07) is 7.82. The lowest BCUT2D eigenvalue weighted by atomic mass is 9.95. The highest BCUT2D eigenvalue weighted by Gasteiger charge is 2.32. The average Bonchev–Trinajstić information content (AvgIpc) is 2.67. The molecule has 2 fully saturated rings. The first-order valence-electron chi connectivity index (χ1n) is 10.2. The lowest BCUT2D eigenvalue weighted by Gasteiger charge is -2.35. The summed E-state index contributed by atoms with van der Waals surface area (Å²) in [6.07, 6.45) is 5.95. The Kier molecular flexibility index (Phi) is 7.10. The molecule has 2 N–H and O–H groups in total. The predicted octanol–water partition coefficient (Wildman–Crippen LogP) is 2.22. The topological polar surface area (TPSA) is 70.7 Å². The summed E-state index contributed by atoms with van der Waals surface area (Å²) in [5.74, 6) is 0.785. The molecular formula is C21H31N3O3. The summed E-state index contributed by atoms with van der Waals surface area (Å²) in [7, 11) is 0. The number of amides is 2. The Hall–Kier alpha value is -2.08. The SMILES string of the molecule is CCOc1ccc(CN2CCNC(=O)[C@H]2CC(=O)NC2CCCCC2)cc1. The highest BCUT2D eigenvalue weighted by Crippen LogP contribution is 2.19. The van der Waals surface area contributed by atoms with Crippen LogP contribution < -0.4 is 15.4 Å². The highest BCUT2D eigenvalue weighted by atomic mass is 16.5. The van der Waals surface area contributed by atoms with Gasteiger partial charge in [0, 0.05) is 25.7 Å². The van der Waals surface area contributed by atoms with Gasteiger partial charge in [0.25, 0.3) is 0 Å². The minimum Gasteiger partial charge on any atom is -0.494 e. The van der Waals surface area contributed by atoms with E-state index < -0.39 is 6.04 Å². The molecule has 6 heteroatoms. The lowest BCUT2D eigenvalue weighted by molar-refractivity contribution is -0.134. The van der Waals surface area contributed by atoms with Crippen LogP contribution in [-0.4, -0.2) is 48.5 Å². The van der Waals surface area contributed by atoms with Crippen LogP contribution in [0.2, 0.25) is 0 Å². The molecule has 1 aliphatic carbocycles. The summed E-state index contributed by atoms with van der Waals surface area (Å²) in [6.45, 7) is 4.63. The summed E-state index contributed by atoms with van der Waals surface area (Å²) in [5, 5.41) is 6.03. The second-order valence-corrected chi connectivity index (χ2v) is 7.46. The predicted molar refractivity (Wildman–Crippen MR) is 104 cm³/mol. The Morgan fingerprint density at radius 3 is 2.67 bits per heavy atom. The van der Waals surface area contributed by atoms with Crippen molar-refractivity contribution in [1.29, 1.82) is 0 Å². The largest absolute Gasteiger partial charge is 0.494 e. The minimum atomic E-state index is -0.408. The van der Waals surface area contributed by atoms with Crippen molar-refractivity contribution in [3.05, 3.63) is 29.8 Å². The van der Waals surface area contributed by atoms with Crippen LogP contribution in [0.25, 0.3) is 0 Å². The van der Waals surface area contributed by atoms with E-state index in [1.54, 1.807) is 0 Å². The quantitative estimate of drug-likeness (QED) is 0.769. The van der Waals surface area contributed by atoms with Crippen molar-refractivity contribution in [2.75, 3.05) is 19.7 Å². The van der Waals surface area contributed by atoms with Gasteiger partial charge in [-0.2, -0.15) is 0 Å². The molecule has 2 amide bonds. The molecule has 1 aliphatic heterocycles. The summed E-state index contributed by atoms with van der Waals surface area (Å²) < 4.78 is 5.48. The van der Waals surface area contributed by atoms with Crippen molar-refractivity contribution in [3.63, 3.8) is 0 Å². The number of ether oxygens (including phenoxy) is 1. The Bertz CT molecular complexity index is 626. The highest BCUT2D eigenvalue weighted by molar-refractivity contribution is 5.88. The summed E-state index contributed by atoms with van der Waals surface area (Å²) in [5.41, 5.74) is 1.12. The van der Waals surface area contributed by atoms with Crippen LogP contribution in [-0.2, 0) is 16.1 Å². The van der Waals surface area contributed by atoms with Gasteiger partial charge in [-0.3, -0.25) is 14.5 Å². The molecular weight excluding hydrogens is 342 g/mol. The maximum absolute atomic E-state index is 12.5. The van der Waals surface area contributed by atoms with E-state index in [0.717, 1.165) is 30.7 Å². The smallest absolute Gasteiger partial charge is 0.237 e. The number of rotatable bonds is 7.